The minimum Gasteiger partial charge on any atom is -0.507 e. The summed E-state index contributed by atoms with van der Waals surface area (Å²) in [4.78, 5) is 43.4. The third-order valence-electron chi connectivity index (χ3n) is 6.33. The number of hydrogen-bond acceptors (Lipinski definition) is 7. The van der Waals surface area contributed by atoms with Crippen molar-refractivity contribution in [1.29, 1.82) is 0 Å². The van der Waals surface area contributed by atoms with Crippen molar-refractivity contribution in [1.82, 2.24) is 4.98 Å². The van der Waals surface area contributed by atoms with Gasteiger partial charge in [-0.15, -0.1) is 0 Å². The molecule has 1 atom stereocenters. The number of aryl methyl sites for hydroxylation is 3. The molecule has 0 saturated carbocycles. The normalized spacial score (nSPS) is 17.2. The zero-order valence-electron chi connectivity index (χ0n) is 19.7. The van der Waals surface area contributed by atoms with Crippen LogP contribution in [0.1, 0.15) is 33.9 Å². The van der Waals surface area contributed by atoms with Gasteiger partial charge in [-0.2, -0.15) is 0 Å². The summed E-state index contributed by atoms with van der Waals surface area (Å²) in [5, 5.41) is 22.8. The van der Waals surface area contributed by atoms with Gasteiger partial charge in [0.05, 0.1) is 26.8 Å². The number of rotatable bonds is 4. The number of hydrogen-bond donors (Lipinski definition) is 1. The van der Waals surface area contributed by atoms with E-state index in [1.165, 1.54) is 40.5 Å². The molecule has 1 aromatic heterocycles. The number of non-ortho nitro benzene ring substituents is 1. The Kier molecular flexibility index (Phi) is 5.64. The number of thiazole rings is 1. The van der Waals surface area contributed by atoms with E-state index in [1.54, 1.807) is 6.07 Å². The number of fused-ring (bicyclic) bond motifs is 1. The fourth-order valence-electron chi connectivity index (χ4n) is 4.38. The van der Waals surface area contributed by atoms with Crippen LogP contribution in [-0.2, 0) is 9.59 Å². The van der Waals surface area contributed by atoms with E-state index in [0.29, 0.717) is 16.2 Å². The van der Waals surface area contributed by atoms with Crippen LogP contribution >= 0.6 is 11.3 Å². The van der Waals surface area contributed by atoms with Crippen molar-refractivity contribution in [2.45, 2.75) is 26.8 Å². The molecule has 1 unspecified atom stereocenters. The predicted molar refractivity (Wildman–Crippen MR) is 138 cm³/mol. The summed E-state index contributed by atoms with van der Waals surface area (Å²) in [6.45, 7) is 5.86. The first-order chi connectivity index (χ1) is 17.2. The van der Waals surface area contributed by atoms with Gasteiger partial charge in [0.15, 0.2) is 5.13 Å². The Labute approximate surface area is 210 Å². The van der Waals surface area contributed by atoms with Gasteiger partial charge in [-0.1, -0.05) is 53.3 Å². The number of carbonyl (C=O) groups is 2. The molecule has 1 saturated heterocycles. The second-order valence-corrected chi connectivity index (χ2v) is 9.80. The van der Waals surface area contributed by atoms with Crippen LogP contribution in [0.25, 0.3) is 16.0 Å². The van der Waals surface area contributed by atoms with Gasteiger partial charge in [0.25, 0.3) is 11.5 Å². The molecule has 2 heterocycles. The summed E-state index contributed by atoms with van der Waals surface area (Å²) in [6.07, 6.45) is 0. The number of amides is 1. The Morgan fingerprint density at radius 1 is 1.03 bits per heavy atom. The van der Waals surface area contributed by atoms with Crippen LogP contribution in [0.2, 0.25) is 0 Å². The number of anilines is 1. The maximum atomic E-state index is 13.4. The minimum absolute atomic E-state index is 0.0791. The number of ketones is 1. The molecule has 1 aliphatic rings. The van der Waals surface area contributed by atoms with Gasteiger partial charge in [-0.3, -0.25) is 24.6 Å². The zero-order chi connectivity index (χ0) is 25.7. The summed E-state index contributed by atoms with van der Waals surface area (Å²) in [7, 11) is 0. The number of nitro groups is 1. The molecule has 180 valence electrons. The molecule has 5 rings (SSSR count). The zero-order valence-corrected chi connectivity index (χ0v) is 20.5. The van der Waals surface area contributed by atoms with Gasteiger partial charge >= 0.3 is 5.91 Å². The highest BCUT2D eigenvalue weighted by Gasteiger charge is 2.48. The Hall–Kier alpha value is -4.37. The number of nitro benzene ring substituents is 1. The van der Waals surface area contributed by atoms with Gasteiger partial charge in [0, 0.05) is 17.7 Å². The van der Waals surface area contributed by atoms with Crippen LogP contribution in [-0.4, -0.2) is 26.7 Å². The number of aliphatic hydroxyl groups is 1. The van der Waals surface area contributed by atoms with Gasteiger partial charge in [-0.25, -0.2) is 4.98 Å². The molecule has 0 bridgehead atoms. The van der Waals surface area contributed by atoms with E-state index < -0.39 is 28.4 Å². The lowest BCUT2D eigenvalue weighted by molar-refractivity contribution is -0.384. The first kappa shape index (κ1) is 23.4. The molecule has 4 aromatic rings. The number of benzene rings is 3. The van der Waals surface area contributed by atoms with E-state index in [4.69, 9.17) is 0 Å². The number of aliphatic hydroxyl groups excluding tert-OH is 1. The number of Topliss-reactive ketones (excluding diaryl/α,β-unsaturated/α-hetero) is 1. The van der Waals surface area contributed by atoms with Gasteiger partial charge in [0.1, 0.15) is 5.76 Å². The molecule has 3 aromatic carbocycles. The maximum absolute atomic E-state index is 13.4. The molecule has 0 aliphatic carbocycles. The fourth-order valence-corrected chi connectivity index (χ4v) is 5.45. The molecule has 8 nitrogen and oxygen atoms in total. The first-order valence-electron chi connectivity index (χ1n) is 11.2. The minimum atomic E-state index is -0.952. The fraction of sp³-hybridized carbons (Fsp3) is 0.148. The quantitative estimate of drug-likeness (QED) is 0.126. The highest BCUT2D eigenvalue weighted by molar-refractivity contribution is 7.22. The molecule has 9 heteroatoms. The third-order valence-corrected chi connectivity index (χ3v) is 7.35. The molecule has 1 fully saturated rings. The SMILES string of the molecule is Cc1cccc(C2/C(=C(\O)c3cccc([N+](=O)[O-])c3)C(=O)C(=O)N2c2nc3cc(C)c(C)cc3s2)c1. The summed E-state index contributed by atoms with van der Waals surface area (Å²) in [6, 6.07) is 15.6. The summed E-state index contributed by atoms with van der Waals surface area (Å²) in [5.41, 5.74) is 4.08. The molecule has 1 amide bonds. The van der Waals surface area contributed by atoms with Crippen LogP contribution in [0.15, 0.2) is 66.2 Å². The number of aromatic nitrogens is 1. The average molecular weight is 500 g/mol. The van der Waals surface area contributed by atoms with Gasteiger partial charge in [-0.05, 0) is 49.6 Å². The molecule has 1 N–H and O–H groups in total. The summed E-state index contributed by atoms with van der Waals surface area (Å²) in [5.74, 6) is -2.17. The molecular formula is C27H21N3O5S. The first-order valence-corrected chi connectivity index (χ1v) is 12.0. The lowest BCUT2D eigenvalue weighted by atomic mass is 9.94. The topological polar surface area (TPSA) is 114 Å². The largest absolute Gasteiger partial charge is 0.507 e. The van der Waals surface area contributed by atoms with E-state index >= 15 is 0 Å². The Bertz CT molecular complexity index is 1580. The average Bonchev–Trinajstić information content (AvgIpc) is 3.36. The molecule has 0 radical (unpaired) electrons. The Morgan fingerprint density at radius 3 is 2.47 bits per heavy atom. The lowest BCUT2D eigenvalue weighted by Crippen LogP contribution is -2.29. The van der Waals surface area contributed by atoms with Crippen molar-refractivity contribution >= 4 is 49.8 Å². The second-order valence-electron chi connectivity index (χ2n) is 8.79. The van der Waals surface area contributed by atoms with Crippen molar-refractivity contribution in [2.75, 3.05) is 4.90 Å². The lowest BCUT2D eigenvalue weighted by Gasteiger charge is -2.23. The van der Waals surface area contributed by atoms with Crippen molar-refractivity contribution in [3.05, 3.63) is 104 Å². The van der Waals surface area contributed by atoms with Crippen molar-refractivity contribution in [3.8, 4) is 0 Å². The van der Waals surface area contributed by atoms with Gasteiger partial charge in [0.2, 0.25) is 0 Å². The number of carbonyl (C=O) groups excluding carboxylic acids is 2. The van der Waals surface area contributed by atoms with Gasteiger partial charge < -0.3 is 5.11 Å². The van der Waals surface area contributed by atoms with E-state index in [9.17, 15) is 24.8 Å². The van der Waals surface area contributed by atoms with E-state index in [0.717, 1.165) is 21.4 Å². The second kappa shape index (κ2) is 8.69. The van der Waals surface area contributed by atoms with Crippen LogP contribution in [0, 0.1) is 30.9 Å². The highest BCUT2D eigenvalue weighted by atomic mass is 32.1. The standard InChI is InChI=1S/C27H21N3O5S/c1-14-6-4-7-17(10-14)23-22(24(31)18-8-5-9-19(13-18)30(34)35)25(32)26(33)29(23)27-28-20-11-15(2)16(3)12-21(20)36-27/h4-13,23,31H,1-3H3/b24-22+. The van der Waals surface area contributed by atoms with Crippen molar-refractivity contribution in [2.24, 2.45) is 0 Å². The van der Waals surface area contributed by atoms with E-state index in [1.807, 2.05) is 51.1 Å². The molecular weight excluding hydrogens is 478 g/mol. The molecule has 36 heavy (non-hydrogen) atoms. The summed E-state index contributed by atoms with van der Waals surface area (Å²) >= 11 is 1.29. The Balaban J connectivity index is 1.74. The summed E-state index contributed by atoms with van der Waals surface area (Å²) < 4.78 is 0.872. The van der Waals surface area contributed by atoms with E-state index in [2.05, 4.69) is 4.98 Å². The smallest absolute Gasteiger partial charge is 0.301 e. The number of nitrogens with zero attached hydrogens (tertiary/aromatic N) is 3. The van der Waals surface area contributed by atoms with Crippen LogP contribution in [0.4, 0.5) is 10.8 Å². The maximum Gasteiger partial charge on any atom is 0.301 e. The highest BCUT2D eigenvalue weighted by Crippen LogP contribution is 2.44. The van der Waals surface area contributed by atoms with Crippen LogP contribution < -0.4 is 4.90 Å². The third kappa shape index (κ3) is 3.83. The molecule has 1 aliphatic heterocycles. The monoisotopic (exact) mass is 499 g/mol. The van der Waals surface area contributed by atoms with Crippen molar-refractivity contribution < 1.29 is 19.6 Å². The van der Waals surface area contributed by atoms with Crippen molar-refractivity contribution in [3.63, 3.8) is 0 Å². The van der Waals surface area contributed by atoms with Crippen LogP contribution in [0.5, 0.6) is 0 Å². The Morgan fingerprint density at radius 2 is 1.75 bits per heavy atom. The van der Waals surface area contributed by atoms with E-state index in [-0.39, 0.29) is 16.8 Å². The van der Waals surface area contributed by atoms with Crippen LogP contribution in [0.3, 0.4) is 0 Å². The predicted octanol–water partition coefficient (Wildman–Crippen LogP) is 5.76. The molecule has 0 spiro atoms.